The first-order valence-electron chi connectivity index (χ1n) is 7.86. The fourth-order valence-electron chi connectivity index (χ4n) is 2.35. The minimum absolute atomic E-state index is 0.00923. The van der Waals surface area contributed by atoms with Crippen LogP contribution in [0, 0.1) is 0 Å². The maximum Gasteiger partial charge on any atom is 0.317 e. The summed E-state index contributed by atoms with van der Waals surface area (Å²) in [6, 6.07) is 7.79. The molecule has 0 radical (unpaired) electrons. The molecule has 128 valence electrons. The van der Waals surface area contributed by atoms with Crippen LogP contribution in [0.3, 0.4) is 0 Å². The van der Waals surface area contributed by atoms with Gasteiger partial charge in [0.15, 0.2) is 0 Å². The van der Waals surface area contributed by atoms with E-state index in [9.17, 15) is 9.00 Å². The number of morpholine rings is 1. The van der Waals surface area contributed by atoms with Crippen LogP contribution in [0.15, 0.2) is 29.2 Å². The second-order valence-electron chi connectivity index (χ2n) is 5.64. The molecule has 2 rings (SSSR count). The average molecular weight is 339 g/mol. The monoisotopic (exact) mass is 339 g/mol. The number of hydrogen-bond donors (Lipinski definition) is 1. The molecular formula is C16H25N3O3S. The molecule has 1 fully saturated rings. The van der Waals surface area contributed by atoms with Gasteiger partial charge in [0.1, 0.15) is 11.0 Å². The number of nitrogens with zero attached hydrogens (tertiary/aromatic N) is 2. The van der Waals surface area contributed by atoms with Crippen molar-refractivity contribution in [3.63, 3.8) is 0 Å². The third-order valence-electron chi connectivity index (χ3n) is 3.67. The molecule has 1 saturated heterocycles. The Hall–Kier alpha value is -1.44. The van der Waals surface area contributed by atoms with Crippen LogP contribution in [-0.2, 0) is 22.1 Å². The second-order valence-corrected chi connectivity index (χ2v) is 7.34. The van der Waals surface area contributed by atoms with Crippen LogP contribution >= 0.6 is 0 Å². The van der Waals surface area contributed by atoms with Gasteiger partial charge in [0.2, 0.25) is 0 Å². The first-order valence-corrected chi connectivity index (χ1v) is 8.97. The minimum atomic E-state index is -1.10. The van der Waals surface area contributed by atoms with Gasteiger partial charge in [0.05, 0.1) is 18.1 Å². The summed E-state index contributed by atoms with van der Waals surface area (Å²) >= 11 is 0. The summed E-state index contributed by atoms with van der Waals surface area (Å²) in [7, 11) is 2.49. The smallest absolute Gasteiger partial charge is 0.317 e. The van der Waals surface area contributed by atoms with E-state index >= 15 is 0 Å². The predicted molar refractivity (Wildman–Crippen MR) is 90.6 cm³/mol. The average Bonchev–Trinajstić information content (AvgIpc) is 2.59. The van der Waals surface area contributed by atoms with Crippen molar-refractivity contribution in [1.82, 2.24) is 14.5 Å². The summed E-state index contributed by atoms with van der Waals surface area (Å²) in [5.74, 6) is 0. The summed E-state index contributed by atoms with van der Waals surface area (Å²) in [6.45, 7) is 3.22. The predicted octanol–water partition coefficient (Wildman–Crippen LogP) is 1.25. The molecule has 1 N–H and O–H groups in total. The van der Waals surface area contributed by atoms with Crippen molar-refractivity contribution in [3.05, 3.63) is 29.8 Å². The fraction of sp³-hybridized carbons (Fsp3) is 0.562. The highest BCUT2D eigenvalue weighted by Gasteiger charge is 2.15. The number of hydrogen-bond acceptors (Lipinski definition) is 3. The highest BCUT2D eigenvalue weighted by atomic mass is 32.2. The Morgan fingerprint density at radius 3 is 2.52 bits per heavy atom. The van der Waals surface area contributed by atoms with E-state index in [1.54, 1.807) is 23.3 Å². The molecule has 1 atom stereocenters. The van der Waals surface area contributed by atoms with Crippen LogP contribution in [0.25, 0.3) is 0 Å². The third kappa shape index (κ3) is 5.60. The summed E-state index contributed by atoms with van der Waals surface area (Å²) in [6.07, 6.45) is 1.77. The lowest BCUT2D eigenvalue weighted by Crippen LogP contribution is -2.46. The SMILES string of the molecule is CN(C)S(=O)c1ccc(CCCNC(=O)N2CCOCC2)cc1. The summed E-state index contributed by atoms with van der Waals surface area (Å²) in [5, 5.41) is 2.94. The zero-order chi connectivity index (χ0) is 16.7. The molecule has 1 aliphatic heterocycles. The first kappa shape index (κ1) is 17.9. The molecule has 0 saturated carbocycles. The van der Waals surface area contributed by atoms with Gasteiger partial charge < -0.3 is 15.0 Å². The number of amides is 2. The van der Waals surface area contributed by atoms with Crippen molar-refractivity contribution in [2.75, 3.05) is 46.9 Å². The molecular weight excluding hydrogens is 314 g/mol. The molecule has 6 nitrogen and oxygen atoms in total. The fourth-order valence-corrected chi connectivity index (χ4v) is 3.14. The van der Waals surface area contributed by atoms with Crippen molar-refractivity contribution in [1.29, 1.82) is 0 Å². The Labute approximate surface area is 140 Å². The maximum absolute atomic E-state index is 11.9. The number of nitrogens with one attached hydrogen (secondary N) is 1. The zero-order valence-corrected chi connectivity index (χ0v) is 14.6. The third-order valence-corrected chi connectivity index (χ3v) is 5.01. The molecule has 2 amide bonds. The summed E-state index contributed by atoms with van der Waals surface area (Å²) in [4.78, 5) is 14.5. The van der Waals surface area contributed by atoms with E-state index in [0.717, 1.165) is 17.7 Å². The van der Waals surface area contributed by atoms with Gasteiger partial charge >= 0.3 is 6.03 Å². The van der Waals surface area contributed by atoms with Crippen molar-refractivity contribution in [2.24, 2.45) is 0 Å². The van der Waals surface area contributed by atoms with Crippen LogP contribution in [0.5, 0.6) is 0 Å². The molecule has 1 heterocycles. The standard InChI is InChI=1S/C16H25N3O3S/c1-18(2)23(21)15-7-5-14(6-8-15)4-3-9-17-16(20)19-10-12-22-13-11-19/h5-8H,3-4,9-13H2,1-2H3,(H,17,20). The highest BCUT2D eigenvalue weighted by molar-refractivity contribution is 7.82. The lowest BCUT2D eigenvalue weighted by Gasteiger charge is -2.26. The molecule has 7 heteroatoms. The highest BCUT2D eigenvalue weighted by Crippen LogP contribution is 2.11. The molecule has 0 aromatic heterocycles. The molecule has 0 spiro atoms. The Bertz CT molecular complexity index is 528. The first-order chi connectivity index (χ1) is 11.1. The second kappa shape index (κ2) is 9.00. The van der Waals surface area contributed by atoms with Crippen LogP contribution in [0.2, 0.25) is 0 Å². The summed E-state index contributed by atoms with van der Waals surface area (Å²) in [5.41, 5.74) is 1.19. The van der Waals surface area contributed by atoms with Gasteiger partial charge in [-0.1, -0.05) is 12.1 Å². The maximum atomic E-state index is 11.9. The van der Waals surface area contributed by atoms with Crippen LogP contribution in [0.1, 0.15) is 12.0 Å². The van der Waals surface area contributed by atoms with E-state index in [2.05, 4.69) is 5.32 Å². The van der Waals surface area contributed by atoms with E-state index < -0.39 is 11.0 Å². The van der Waals surface area contributed by atoms with Crippen LogP contribution < -0.4 is 5.32 Å². The molecule has 0 aliphatic carbocycles. The lowest BCUT2D eigenvalue weighted by atomic mass is 10.1. The molecule has 1 aromatic carbocycles. The van der Waals surface area contributed by atoms with E-state index in [1.807, 2.05) is 24.3 Å². The number of urea groups is 1. The van der Waals surface area contributed by atoms with Crippen molar-refractivity contribution in [2.45, 2.75) is 17.7 Å². The van der Waals surface area contributed by atoms with Gasteiger partial charge in [0, 0.05) is 19.6 Å². The van der Waals surface area contributed by atoms with E-state index in [1.165, 1.54) is 5.56 Å². The molecule has 0 bridgehead atoms. The Morgan fingerprint density at radius 2 is 1.91 bits per heavy atom. The van der Waals surface area contributed by atoms with Crippen molar-refractivity contribution in [3.8, 4) is 0 Å². The van der Waals surface area contributed by atoms with Crippen molar-refractivity contribution >= 4 is 17.0 Å². The van der Waals surface area contributed by atoms with Gasteiger partial charge in [-0.25, -0.2) is 13.3 Å². The van der Waals surface area contributed by atoms with Crippen molar-refractivity contribution < 1.29 is 13.7 Å². The van der Waals surface area contributed by atoms with Gasteiger partial charge in [-0.3, -0.25) is 0 Å². The quantitative estimate of drug-likeness (QED) is 0.794. The summed E-state index contributed by atoms with van der Waals surface area (Å²) < 4.78 is 18.8. The number of rotatable bonds is 6. The normalized spacial score (nSPS) is 16.4. The number of carbonyl (C=O) groups excluding carboxylic acids is 1. The van der Waals surface area contributed by atoms with Gasteiger partial charge in [-0.2, -0.15) is 0 Å². The molecule has 1 unspecified atom stereocenters. The molecule has 1 aliphatic rings. The topological polar surface area (TPSA) is 61.9 Å². The lowest BCUT2D eigenvalue weighted by molar-refractivity contribution is 0.0532. The minimum Gasteiger partial charge on any atom is -0.378 e. The Kier molecular flexibility index (Phi) is 7.01. The van der Waals surface area contributed by atoms with E-state index in [0.29, 0.717) is 32.8 Å². The van der Waals surface area contributed by atoms with Gasteiger partial charge in [-0.15, -0.1) is 0 Å². The van der Waals surface area contributed by atoms with Crippen LogP contribution in [-0.4, -0.2) is 66.4 Å². The zero-order valence-electron chi connectivity index (χ0n) is 13.8. The van der Waals surface area contributed by atoms with Crippen LogP contribution in [0.4, 0.5) is 4.79 Å². The Balaban J connectivity index is 1.69. The molecule has 23 heavy (non-hydrogen) atoms. The van der Waals surface area contributed by atoms with E-state index in [-0.39, 0.29) is 6.03 Å². The Morgan fingerprint density at radius 1 is 1.26 bits per heavy atom. The number of aryl methyl sites for hydroxylation is 1. The van der Waals surface area contributed by atoms with Gasteiger partial charge in [0.25, 0.3) is 0 Å². The number of ether oxygens (including phenoxy) is 1. The number of carbonyl (C=O) groups is 1. The van der Waals surface area contributed by atoms with E-state index in [4.69, 9.17) is 4.74 Å². The number of benzene rings is 1. The molecule has 1 aromatic rings. The van der Waals surface area contributed by atoms with Gasteiger partial charge in [-0.05, 0) is 44.6 Å². The largest absolute Gasteiger partial charge is 0.378 e.